The quantitative estimate of drug-likeness (QED) is 0.167. The highest BCUT2D eigenvalue weighted by Crippen LogP contribution is 2.42. The molecule has 0 spiro atoms. The first-order valence-electron chi connectivity index (χ1n) is 14.7. The minimum atomic E-state index is -3.71. The van der Waals surface area contributed by atoms with Gasteiger partial charge in [0.2, 0.25) is 11.8 Å². The van der Waals surface area contributed by atoms with Crippen molar-refractivity contribution >= 4 is 54.2 Å². The minimum Gasteiger partial charge on any atom is -0.354 e. The van der Waals surface area contributed by atoms with Gasteiger partial charge in [-0.3, -0.25) is 13.9 Å². The summed E-state index contributed by atoms with van der Waals surface area (Å²) in [5.74, 6) is -0.381. The van der Waals surface area contributed by atoms with Gasteiger partial charge < -0.3 is 10.2 Å². The first-order valence-corrected chi connectivity index (χ1v) is 16.9. The lowest BCUT2D eigenvalue weighted by atomic mass is 10.0. The summed E-state index contributed by atoms with van der Waals surface area (Å²) in [6.07, 6.45) is 2.59. The zero-order valence-electron chi connectivity index (χ0n) is 24.2. The van der Waals surface area contributed by atoms with Crippen LogP contribution in [0.15, 0.2) is 100 Å². The first kappa shape index (κ1) is 30.8. The van der Waals surface area contributed by atoms with Gasteiger partial charge in [-0.15, -0.1) is 0 Å². The number of hydrogen-bond donors (Lipinski definition) is 1. The fraction of sp³-hybridized carbons (Fsp3) is 0.294. The molecule has 0 radical (unpaired) electrons. The Balaban J connectivity index is 1.38. The van der Waals surface area contributed by atoms with Crippen LogP contribution in [0.1, 0.15) is 43.7 Å². The number of hydrogen-bond acceptors (Lipinski definition) is 4. The van der Waals surface area contributed by atoms with Crippen molar-refractivity contribution < 1.29 is 18.0 Å². The Hall–Kier alpha value is -3.69. The third-order valence-corrected chi connectivity index (χ3v) is 10.2. The standard InChI is InChI=1S/C34H36BrN3O4S/c1-2-3-21-36-34(40)30(23-25-10-5-4-6-11-25)37(24-26-17-19-28(35)20-18-26)32(39)16-9-22-38-29-14-7-12-27-13-8-15-31(33(27)29)43(38,41)42/h4-8,10-15,17-20,30H,2-3,9,16,21-24H2,1H3,(H,36,40)/t30-/m0/s1. The van der Waals surface area contributed by atoms with Crippen LogP contribution < -0.4 is 9.62 Å². The molecule has 0 unspecified atom stereocenters. The highest BCUT2D eigenvalue weighted by atomic mass is 79.9. The van der Waals surface area contributed by atoms with Gasteiger partial charge in [0, 0.05) is 42.3 Å². The average molecular weight is 663 g/mol. The summed E-state index contributed by atoms with van der Waals surface area (Å²) in [4.78, 5) is 29.6. The summed E-state index contributed by atoms with van der Waals surface area (Å²) in [6, 6.07) is 27.6. The molecule has 1 aliphatic heterocycles. The third-order valence-electron chi connectivity index (χ3n) is 7.80. The molecule has 0 fully saturated rings. The molecule has 224 valence electrons. The van der Waals surface area contributed by atoms with Crippen molar-refractivity contribution in [2.75, 3.05) is 17.4 Å². The van der Waals surface area contributed by atoms with Crippen molar-refractivity contribution in [1.29, 1.82) is 0 Å². The van der Waals surface area contributed by atoms with E-state index in [4.69, 9.17) is 0 Å². The molecule has 1 heterocycles. The van der Waals surface area contributed by atoms with E-state index >= 15 is 0 Å². The second kappa shape index (κ2) is 13.7. The molecule has 9 heteroatoms. The molecule has 0 aromatic heterocycles. The van der Waals surface area contributed by atoms with Gasteiger partial charge in [-0.1, -0.05) is 96.0 Å². The van der Waals surface area contributed by atoms with Crippen molar-refractivity contribution in [2.24, 2.45) is 0 Å². The molecular weight excluding hydrogens is 626 g/mol. The van der Waals surface area contributed by atoms with Crippen LogP contribution in [-0.2, 0) is 32.6 Å². The number of nitrogens with zero attached hydrogens (tertiary/aromatic N) is 2. The number of halogens is 1. The van der Waals surface area contributed by atoms with Crippen LogP contribution in [0.2, 0.25) is 0 Å². The van der Waals surface area contributed by atoms with E-state index in [1.165, 1.54) is 4.31 Å². The number of carbonyl (C=O) groups excluding carboxylic acids is 2. The lowest BCUT2D eigenvalue weighted by Gasteiger charge is -2.32. The zero-order chi connectivity index (χ0) is 30.4. The molecule has 1 atom stereocenters. The number of unbranched alkanes of at least 4 members (excludes halogenated alkanes) is 1. The Labute approximate surface area is 262 Å². The monoisotopic (exact) mass is 661 g/mol. The number of carbonyl (C=O) groups is 2. The van der Waals surface area contributed by atoms with Crippen LogP contribution in [0, 0.1) is 0 Å². The van der Waals surface area contributed by atoms with Crippen LogP contribution in [0.3, 0.4) is 0 Å². The van der Waals surface area contributed by atoms with Crippen LogP contribution >= 0.6 is 15.9 Å². The average Bonchev–Trinajstić information content (AvgIpc) is 3.23. The fourth-order valence-electron chi connectivity index (χ4n) is 5.56. The molecule has 0 bridgehead atoms. The van der Waals surface area contributed by atoms with E-state index in [2.05, 4.69) is 28.2 Å². The summed E-state index contributed by atoms with van der Waals surface area (Å²) in [6.45, 7) is 3.04. The van der Waals surface area contributed by atoms with E-state index < -0.39 is 16.1 Å². The molecule has 0 aliphatic carbocycles. The largest absolute Gasteiger partial charge is 0.354 e. The maximum atomic E-state index is 14.0. The Morgan fingerprint density at radius 2 is 1.60 bits per heavy atom. The number of rotatable bonds is 13. The maximum Gasteiger partial charge on any atom is 0.265 e. The van der Waals surface area contributed by atoms with Gasteiger partial charge in [-0.25, -0.2) is 8.42 Å². The molecule has 43 heavy (non-hydrogen) atoms. The highest BCUT2D eigenvalue weighted by molar-refractivity contribution is 9.10. The number of benzene rings is 4. The van der Waals surface area contributed by atoms with Crippen LogP contribution in [0.5, 0.6) is 0 Å². The zero-order valence-corrected chi connectivity index (χ0v) is 26.6. The second-order valence-corrected chi connectivity index (χ2v) is 13.6. The van der Waals surface area contributed by atoms with Crippen LogP contribution in [-0.4, -0.2) is 44.3 Å². The van der Waals surface area contributed by atoms with Gasteiger partial charge >= 0.3 is 0 Å². The smallest absolute Gasteiger partial charge is 0.265 e. The lowest BCUT2D eigenvalue weighted by molar-refractivity contribution is -0.141. The van der Waals surface area contributed by atoms with Crippen LogP contribution in [0.25, 0.3) is 10.8 Å². The molecule has 1 N–H and O–H groups in total. The fourth-order valence-corrected chi connectivity index (χ4v) is 7.58. The second-order valence-electron chi connectivity index (χ2n) is 10.8. The van der Waals surface area contributed by atoms with Crippen molar-refractivity contribution in [2.45, 2.75) is 56.5 Å². The lowest BCUT2D eigenvalue weighted by Crippen LogP contribution is -2.50. The Kier molecular flexibility index (Phi) is 9.82. The van der Waals surface area contributed by atoms with E-state index in [1.54, 1.807) is 17.0 Å². The Bertz CT molecular complexity index is 1690. The first-order chi connectivity index (χ1) is 20.8. The summed E-state index contributed by atoms with van der Waals surface area (Å²) in [5, 5.41) is 4.63. The highest BCUT2D eigenvalue weighted by Gasteiger charge is 2.36. The van der Waals surface area contributed by atoms with E-state index in [0.29, 0.717) is 30.0 Å². The van der Waals surface area contributed by atoms with Crippen molar-refractivity contribution in [3.8, 4) is 0 Å². The van der Waals surface area contributed by atoms with E-state index in [9.17, 15) is 18.0 Å². The van der Waals surface area contributed by atoms with E-state index in [-0.39, 0.29) is 31.3 Å². The van der Waals surface area contributed by atoms with Crippen LogP contribution in [0.4, 0.5) is 5.69 Å². The summed E-state index contributed by atoms with van der Waals surface area (Å²) < 4.78 is 29.2. The summed E-state index contributed by atoms with van der Waals surface area (Å²) in [7, 11) is -3.71. The Morgan fingerprint density at radius 1 is 0.884 bits per heavy atom. The molecule has 5 rings (SSSR count). The summed E-state index contributed by atoms with van der Waals surface area (Å²) in [5.41, 5.74) is 2.51. The van der Waals surface area contributed by atoms with E-state index in [1.807, 2.05) is 78.9 Å². The van der Waals surface area contributed by atoms with Gasteiger partial charge in [-0.2, -0.15) is 0 Å². The number of amides is 2. The topological polar surface area (TPSA) is 86.8 Å². The molecule has 2 amide bonds. The molecule has 7 nitrogen and oxygen atoms in total. The Morgan fingerprint density at radius 3 is 2.33 bits per heavy atom. The third kappa shape index (κ3) is 6.94. The molecule has 4 aromatic carbocycles. The summed E-state index contributed by atoms with van der Waals surface area (Å²) >= 11 is 3.47. The normalized spacial score (nSPS) is 14.0. The van der Waals surface area contributed by atoms with Crippen molar-refractivity contribution in [1.82, 2.24) is 10.2 Å². The maximum absolute atomic E-state index is 14.0. The van der Waals surface area contributed by atoms with Gasteiger partial charge in [0.1, 0.15) is 6.04 Å². The molecule has 1 aliphatic rings. The predicted octanol–water partition coefficient (Wildman–Crippen LogP) is 6.45. The number of sulfonamides is 1. The SMILES string of the molecule is CCCCNC(=O)[C@H](Cc1ccccc1)N(Cc1ccc(Br)cc1)C(=O)CCCN1c2cccc3cccc(c23)S1(=O)=O. The molecule has 4 aromatic rings. The predicted molar refractivity (Wildman–Crippen MR) is 174 cm³/mol. The molecular formula is C34H36BrN3O4S. The van der Waals surface area contributed by atoms with E-state index in [0.717, 1.165) is 39.2 Å². The number of anilines is 1. The molecule has 0 saturated heterocycles. The van der Waals surface area contributed by atoms with Crippen molar-refractivity contribution in [3.63, 3.8) is 0 Å². The van der Waals surface area contributed by atoms with Gasteiger partial charge in [0.25, 0.3) is 10.0 Å². The van der Waals surface area contributed by atoms with Gasteiger partial charge in [0.05, 0.1) is 10.6 Å². The minimum absolute atomic E-state index is 0.0996. The van der Waals surface area contributed by atoms with Gasteiger partial charge in [0.15, 0.2) is 0 Å². The number of nitrogens with one attached hydrogen (secondary N) is 1. The van der Waals surface area contributed by atoms with Crippen molar-refractivity contribution in [3.05, 3.63) is 107 Å². The van der Waals surface area contributed by atoms with Gasteiger partial charge in [-0.05, 0) is 53.6 Å². The molecule has 0 saturated carbocycles.